The normalized spacial score (nSPS) is 12.0. The van der Waals surface area contributed by atoms with E-state index in [1.165, 1.54) is 79.8 Å². The van der Waals surface area contributed by atoms with Gasteiger partial charge in [0.15, 0.2) is 0 Å². The minimum Gasteiger partial charge on any atom is -0.506 e. The first-order chi connectivity index (χ1) is 39.4. The molecule has 84 heavy (non-hydrogen) atoms. The minimum absolute atomic E-state index is 0.0226. The van der Waals surface area contributed by atoms with Crippen LogP contribution in [0.3, 0.4) is 0 Å². The van der Waals surface area contributed by atoms with Gasteiger partial charge in [0.1, 0.15) is 34.5 Å². The van der Waals surface area contributed by atoms with Crippen molar-refractivity contribution in [3.63, 3.8) is 0 Å². The average molecular weight is 1160 g/mol. The van der Waals surface area contributed by atoms with Gasteiger partial charge in [-0.05, 0) is 155 Å². The lowest BCUT2D eigenvalue weighted by molar-refractivity contribution is -0.288. The van der Waals surface area contributed by atoms with E-state index >= 15 is 0 Å². The van der Waals surface area contributed by atoms with Gasteiger partial charge in [0, 0.05) is 40.1 Å². The van der Waals surface area contributed by atoms with Crippen LogP contribution in [0.1, 0.15) is 103 Å². The van der Waals surface area contributed by atoms with E-state index < -0.39 is 86.2 Å². The molecule has 0 radical (unpaired) electrons. The summed E-state index contributed by atoms with van der Waals surface area (Å²) >= 11 is 0. The molecule has 0 heterocycles. The molecule has 0 bridgehead atoms. The molecular formula is C62H54F6N6O10. The van der Waals surface area contributed by atoms with E-state index in [9.17, 15) is 76.2 Å². The summed E-state index contributed by atoms with van der Waals surface area (Å²) in [5, 5.41) is 75.3. The summed E-state index contributed by atoms with van der Waals surface area (Å²) in [5.41, 5.74) is -1.50. The molecule has 0 aromatic heterocycles. The van der Waals surface area contributed by atoms with Crippen molar-refractivity contribution in [2.75, 3.05) is 39.4 Å². The van der Waals surface area contributed by atoms with Crippen LogP contribution in [0.5, 0.6) is 34.5 Å². The van der Waals surface area contributed by atoms with Gasteiger partial charge in [-0.2, -0.15) is 26.3 Å². The van der Waals surface area contributed by atoms with E-state index in [1.54, 1.807) is 50.2 Å². The predicted octanol–water partition coefficient (Wildman–Crippen LogP) is 12.6. The second-order valence-electron chi connectivity index (χ2n) is 20.6. The molecular weight excluding hydrogens is 1100 g/mol. The molecule has 4 amide bonds. The maximum Gasteiger partial charge on any atom is 0.411 e. The van der Waals surface area contributed by atoms with Gasteiger partial charge in [-0.25, -0.2) is 0 Å². The largest absolute Gasteiger partial charge is 0.506 e. The maximum absolute atomic E-state index is 14.9. The highest BCUT2D eigenvalue weighted by Crippen LogP contribution is 2.57. The van der Waals surface area contributed by atoms with Crippen LogP contribution in [-0.4, -0.2) is 73.7 Å². The zero-order chi connectivity index (χ0) is 61.4. The summed E-state index contributed by atoms with van der Waals surface area (Å²) in [6, 6.07) is 31.7. The lowest BCUT2D eigenvalue weighted by atomic mass is 9.72. The van der Waals surface area contributed by atoms with Crippen LogP contribution >= 0.6 is 0 Å². The Labute approximate surface area is 475 Å². The Morgan fingerprint density at radius 2 is 0.571 bits per heavy atom. The average Bonchev–Trinajstić information content (AvgIpc) is 0.829. The molecule has 13 N–H and O–H groups in total. The number of hydrogen-bond acceptors (Lipinski definition) is 12. The molecule has 0 aliphatic heterocycles. The maximum atomic E-state index is 14.9. The summed E-state index contributed by atoms with van der Waals surface area (Å²) in [5.74, 6) is -5.49. The number of hydrogen-bond donors (Lipinski definition) is 12. The Bertz CT molecular complexity index is 3870. The van der Waals surface area contributed by atoms with Gasteiger partial charge < -0.3 is 63.0 Å². The van der Waals surface area contributed by atoms with Crippen molar-refractivity contribution in [2.45, 2.75) is 56.3 Å². The first kappa shape index (κ1) is 59.7. The highest BCUT2D eigenvalue weighted by atomic mass is 19.4. The molecule has 434 valence electrons. The third kappa shape index (κ3) is 11.6. The van der Waals surface area contributed by atoms with Gasteiger partial charge in [0.25, 0.3) is 23.6 Å². The number of halogens is 6. The molecule has 0 fully saturated rings. The number of nitrogen functional groups attached to an aromatic ring is 1. The Morgan fingerprint density at radius 1 is 0.345 bits per heavy atom. The minimum atomic E-state index is -6.05. The topological polar surface area (TPSA) is 276 Å². The summed E-state index contributed by atoms with van der Waals surface area (Å²) in [6.45, 7) is 7.43. The fraction of sp³-hybridized carbons (Fsp3) is 0.161. The van der Waals surface area contributed by atoms with Gasteiger partial charge in [0.2, 0.25) is 5.41 Å². The number of amides is 4. The summed E-state index contributed by atoms with van der Waals surface area (Å²) < 4.78 is 89.6. The number of phenolic OH excluding ortho intramolecular Hbond substituents is 6. The number of nitrogens with one attached hydrogen (secondary N) is 5. The van der Waals surface area contributed by atoms with Gasteiger partial charge >= 0.3 is 12.4 Å². The number of anilines is 6. The Kier molecular flexibility index (Phi) is 16.0. The second kappa shape index (κ2) is 22.5. The second-order valence-corrected chi connectivity index (χ2v) is 20.6. The molecule has 16 nitrogen and oxygen atoms in total. The van der Waals surface area contributed by atoms with Crippen LogP contribution < -0.4 is 32.3 Å². The van der Waals surface area contributed by atoms with Gasteiger partial charge in [-0.15, -0.1) is 0 Å². The van der Waals surface area contributed by atoms with Crippen molar-refractivity contribution >= 4 is 57.8 Å². The number of aromatic hydroxyl groups is 6. The smallest absolute Gasteiger partial charge is 0.411 e. The van der Waals surface area contributed by atoms with E-state index in [-0.39, 0.29) is 68.0 Å². The Balaban J connectivity index is 0.931. The zero-order valence-corrected chi connectivity index (χ0v) is 45.2. The summed E-state index contributed by atoms with van der Waals surface area (Å²) in [4.78, 5) is 53.9. The fourth-order valence-corrected chi connectivity index (χ4v) is 9.50. The quantitative estimate of drug-likeness (QED) is 0.0260. The lowest BCUT2D eigenvalue weighted by Crippen LogP contribution is -2.54. The van der Waals surface area contributed by atoms with E-state index in [4.69, 9.17) is 5.73 Å². The number of carbonyl (C=O) groups excluding carboxylic acids is 4. The number of nitrogens with two attached hydrogens (primary N) is 1. The summed E-state index contributed by atoms with van der Waals surface area (Å²) in [7, 11) is 1.18. The highest BCUT2D eigenvalue weighted by Gasteiger charge is 2.72. The van der Waals surface area contributed by atoms with Gasteiger partial charge in [-0.1, -0.05) is 64.1 Å². The number of benzene rings is 8. The molecule has 0 spiro atoms. The third-order valence-electron chi connectivity index (χ3n) is 14.7. The van der Waals surface area contributed by atoms with Crippen LogP contribution in [0, 0.1) is 0 Å². The molecule has 8 rings (SSSR count). The number of rotatable bonds is 15. The molecule has 0 saturated heterocycles. The number of phenols is 6. The van der Waals surface area contributed by atoms with Crippen molar-refractivity contribution < 1.29 is 76.2 Å². The first-order valence-electron chi connectivity index (χ1n) is 25.4. The molecule has 8 aromatic carbocycles. The van der Waals surface area contributed by atoms with E-state index in [2.05, 4.69) is 26.6 Å². The standard InChI is InChI=1S/C62H54F6N6O10/c1-58(2,36-14-20-48(75)42(69)26-36)37-15-21-50(77)44(27-37)71-54(81)32-6-8-33(9-7-32)55(82)72-45-28-38(16-22-51(45)78)59(3,4)39-17-23-52(79)46(29-39)73-56(83)34-10-12-35(13-11-34)57(84)74-47-31-41(19-25-53(47)80)60(61(63,64)65,62(66,67)68)40-18-24-49(76)43(30-40)70-5/h6-31,70,75-80H,69H2,1-5H3,(H,71,81)(H,72,82)(H,73,83)(H,74,84). The highest BCUT2D eigenvalue weighted by molar-refractivity contribution is 6.09. The van der Waals surface area contributed by atoms with E-state index in [0.29, 0.717) is 47.5 Å². The van der Waals surface area contributed by atoms with Crippen molar-refractivity contribution in [3.8, 4) is 34.5 Å². The van der Waals surface area contributed by atoms with Crippen molar-refractivity contribution in [3.05, 3.63) is 213 Å². The molecule has 0 aliphatic carbocycles. The van der Waals surface area contributed by atoms with Crippen molar-refractivity contribution in [2.24, 2.45) is 0 Å². The Morgan fingerprint density at radius 3 is 0.833 bits per heavy atom. The molecule has 22 heteroatoms. The monoisotopic (exact) mass is 1160 g/mol. The SMILES string of the molecule is CNc1cc(C(c2ccc(O)c(NC(=O)c3ccc(C(=O)Nc4cc(C(C)(C)c5ccc(O)c(NC(=O)c6ccc(C(=O)Nc7cc(C(C)(C)c8ccc(O)c(N)c8)ccc7O)cc6)c5)ccc4O)cc3)c2)(C(F)(F)F)C(F)(F)F)ccc1O. The van der Waals surface area contributed by atoms with Crippen LogP contribution in [0.25, 0.3) is 0 Å². The molecule has 0 atom stereocenters. The van der Waals surface area contributed by atoms with E-state index in [1.807, 2.05) is 13.8 Å². The lowest BCUT2D eigenvalue weighted by Gasteiger charge is -2.38. The van der Waals surface area contributed by atoms with Crippen molar-refractivity contribution in [1.29, 1.82) is 0 Å². The predicted molar refractivity (Wildman–Crippen MR) is 304 cm³/mol. The van der Waals surface area contributed by atoms with Gasteiger partial charge in [-0.3, -0.25) is 19.2 Å². The van der Waals surface area contributed by atoms with Crippen LogP contribution in [0.15, 0.2) is 158 Å². The summed E-state index contributed by atoms with van der Waals surface area (Å²) in [6.07, 6.45) is -12.1. The van der Waals surface area contributed by atoms with Gasteiger partial charge in [0.05, 0.1) is 34.1 Å². The molecule has 0 aliphatic rings. The molecule has 8 aromatic rings. The molecule has 0 saturated carbocycles. The number of carbonyl (C=O) groups is 4. The zero-order valence-electron chi connectivity index (χ0n) is 45.2. The third-order valence-corrected chi connectivity index (χ3v) is 14.7. The number of alkyl halides is 6. The van der Waals surface area contributed by atoms with Crippen LogP contribution in [0.2, 0.25) is 0 Å². The van der Waals surface area contributed by atoms with Crippen LogP contribution in [0.4, 0.5) is 60.5 Å². The first-order valence-corrected chi connectivity index (χ1v) is 25.4. The Hall–Kier alpha value is -10.4. The fourth-order valence-electron chi connectivity index (χ4n) is 9.50. The van der Waals surface area contributed by atoms with Crippen molar-refractivity contribution in [1.82, 2.24) is 0 Å². The van der Waals surface area contributed by atoms with E-state index in [0.717, 1.165) is 23.3 Å². The van der Waals surface area contributed by atoms with Crippen LogP contribution in [-0.2, 0) is 16.2 Å². The molecule has 0 unspecified atom stereocenters.